The number of hydrogen-bond donors (Lipinski definition) is 0. The molecular formula is C16H11Cl2N3O3. The van der Waals surface area contributed by atoms with Crippen LogP contribution in [0.4, 0.5) is 11.4 Å². The molecule has 1 aliphatic heterocycles. The number of aliphatic imine (C=N–C) groups is 1. The number of benzene rings is 2. The third-order valence-electron chi connectivity index (χ3n) is 3.60. The van der Waals surface area contributed by atoms with Crippen LogP contribution in [0, 0.1) is 10.1 Å². The average molecular weight is 364 g/mol. The molecule has 3 rings (SSSR count). The highest BCUT2D eigenvalue weighted by molar-refractivity contribution is 6.37. The highest BCUT2D eigenvalue weighted by atomic mass is 35.5. The van der Waals surface area contributed by atoms with Gasteiger partial charge in [-0.05, 0) is 24.3 Å². The number of halogens is 2. The Morgan fingerprint density at radius 1 is 1.21 bits per heavy atom. The zero-order valence-corrected chi connectivity index (χ0v) is 13.8. The molecule has 0 atom stereocenters. The number of hydrogen-bond acceptors (Lipinski definition) is 4. The van der Waals surface area contributed by atoms with Crippen LogP contribution in [0.5, 0.6) is 0 Å². The number of carbonyl (C=O) groups excluding carboxylic acids is 1. The lowest BCUT2D eigenvalue weighted by Gasteiger charge is -2.23. The second-order valence-electron chi connectivity index (χ2n) is 5.12. The van der Waals surface area contributed by atoms with Crippen LogP contribution in [0.15, 0.2) is 41.4 Å². The van der Waals surface area contributed by atoms with Crippen molar-refractivity contribution in [3.8, 4) is 0 Å². The average Bonchev–Trinajstić information content (AvgIpc) is 2.75. The van der Waals surface area contributed by atoms with Crippen molar-refractivity contribution in [1.29, 1.82) is 0 Å². The van der Waals surface area contributed by atoms with E-state index in [0.717, 1.165) is 0 Å². The lowest BCUT2D eigenvalue weighted by molar-refractivity contribution is -0.384. The molecule has 0 aromatic heterocycles. The third kappa shape index (κ3) is 3.11. The zero-order valence-electron chi connectivity index (χ0n) is 12.3. The lowest BCUT2D eigenvalue weighted by Crippen LogP contribution is -2.33. The molecule has 0 aliphatic carbocycles. The van der Waals surface area contributed by atoms with Gasteiger partial charge in [0.15, 0.2) is 0 Å². The number of amides is 1. The standard InChI is InChI=1S/C16H11Cl2N3O3/c17-11-1-3-13(14(18)8-11)16(22)20-6-5-19-9-10-7-12(21(23)24)2-4-15(10)20/h1-4,7-9H,5-6H2. The largest absolute Gasteiger partial charge is 0.306 e. The minimum Gasteiger partial charge on any atom is -0.306 e. The fourth-order valence-electron chi connectivity index (χ4n) is 2.47. The van der Waals surface area contributed by atoms with Crippen molar-refractivity contribution in [1.82, 2.24) is 0 Å². The van der Waals surface area contributed by atoms with E-state index in [9.17, 15) is 14.9 Å². The molecule has 0 radical (unpaired) electrons. The van der Waals surface area contributed by atoms with Crippen LogP contribution in [0.3, 0.4) is 0 Å². The van der Waals surface area contributed by atoms with E-state index >= 15 is 0 Å². The van der Waals surface area contributed by atoms with Crippen molar-refractivity contribution < 1.29 is 9.72 Å². The number of non-ortho nitro benzene ring substituents is 1. The first kappa shape index (κ1) is 16.4. The van der Waals surface area contributed by atoms with Crippen molar-refractivity contribution in [3.05, 3.63) is 67.7 Å². The van der Waals surface area contributed by atoms with E-state index in [1.54, 1.807) is 24.4 Å². The van der Waals surface area contributed by atoms with Crippen molar-refractivity contribution in [3.63, 3.8) is 0 Å². The molecule has 122 valence electrons. The summed E-state index contributed by atoms with van der Waals surface area (Å²) in [4.78, 5) is 29.0. The van der Waals surface area contributed by atoms with Crippen LogP contribution < -0.4 is 4.90 Å². The molecule has 0 bridgehead atoms. The van der Waals surface area contributed by atoms with Gasteiger partial charge in [0.05, 0.1) is 27.7 Å². The van der Waals surface area contributed by atoms with Gasteiger partial charge < -0.3 is 4.90 Å². The second kappa shape index (κ2) is 6.59. The van der Waals surface area contributed by atoms with Crippen molar-refractivity contribution in [2.75, 3.05) is 18.0 Å². The zero-order chi connectivity index (χ0) is 17.3. The van der Waals surface area contributed by atoms with Crippen LogP contribution in [0.25, 0.3) is 0 Å². The summed E-state index contributed by atoms with van der Waals surface area (Å²) in [5.74, 6) is -0.308. The van der Waals surface area contributed by atoms with Gasteiger partial charge in [0.1, 0.15) is 0 Å². The molecule has 1 heterocycles. The minimum atomic E-state index is -0.485. The van der Waals surface area contributed by atoms with Crippen LogP contribution >= 0.6 is 23.2 Å². The van der Waals surface area contributed by atoms with E-state index in [2.05, 4.69) is 4.99 Å². The summed E-state index contributed by atoms with van der Waals surface area (Å²) in [7, 11) is 0. The van der Waals surface area contributed by atoms with E-state index in [-0.39, 0.29) is 16.6 Å². The van der Waals surface area contributed by atoms with E-state index in [4.69, 9.17) is 23.2 Å². The van der Waals surface area contributed by atoms with Crippen molar-refractivity contribution >= 4 is 46.7 Å². The predicted octanol–water partition coefficient (Wildman–Crippen LogP) is 3.98. The molecule has 2 aromatic carbocycles. The van der Waals surface area contributed by atoms with E-state index in [1.165, 1.54) is 23.1 Å². The SMILES string of the molecule is O=C(c1ccc(Cl)cc1Cl)N1CCN=Cc2cc([N+](=O)[O-])ccc21. The Bertz CT molecular complexity index is 868. The van der Waals surface area contributed by atoms with E-state index in [1.807, 2.05) is 0 Å². The van der Waals surface area contributed by atoms with Crippen LogP contribution in [0.2, 0.25) is 10.0 Å². The number of nitro groups is 1. The Hall–Kier alpha value is -2.44. The maximum Gasteiger partial charge on any atom is 0.270 e. The molecule has 2 aromatic rings. The Kier molecular flexibility index (Phi) is 4.51. The van der Waals surface area contributed by atoms with Gasteiger partial charge in [0.2, 0.25) is 0 Å². The summed E-state index contributed by atoms with van der Waals surface area (Å²) in [5.41, 5.74) is 1.32. The first-order valence-corrected chi connectivity index (χ1v) is 7.78. The first-order chi connectivity index (χ1) is 11.5. The van der Waals surface area contributed by atoms with Gasteiger partial charge in [-0.15, -0.1) is 0 Å². The van der Waals surface area contributed by atoms with Gasteiger partial charge in [-0.2, -0.15) is 0 Å². The Morgan fingerprint density at radius 3 is 2.71 bits per heavy atom. The molecule has 0 saturated heterocycles. The number of benzodiazepines with no additional fused rings is 1. The molecule has 0 spiro atoms. The molecule has 0 saturated carbocycles. The monoisotopic (exact) mass is 363 g/mol. The normalized spacial score (nSPS) is 13.3. The highest BCUT2D eigenvalue weighted by Crippen LogP contribution is 2.29. The number of carbonyl (C=O) groups is 1. The van der Waals surface area contributed by atoms with Gasteiger partial charge >= 0.3 is 0 Å². The fourth-order valence-corrected chi connectivity index (χ4v) is 2.95. The van der Waals surface area contributed by atoms with Crippen LogP contribution in [-0.2, 0) is 0 Å². The predicted molar refractivity (Wildman–Crippen MR) is 93.7 cm³/mol. The summed E-state index contributed by atoms with van der Waals surface area (Å²) >= 11 is 12.0. The lowest BCUT2D eigenvalue weighted by atomic mass is 10.1. The molecule has 6 nitrogen and oxygen atoms in total. The third-order valence-corrected chi connectivity index (χ3v) is 4.15. The first-order valence-electron chi connectivity index (χ1n) is 7.02. The van der Waals surface area contributed by atoms with E-state index < -0.39 is 4.92 Å². The Morgan fingerprint density at radius 2 is 2.00 bits per heavy atom. The molecule has 24 heavy (non-hydrogen) atoms. The quantitative estimate of drug-likeness (QED) is 0.597. The van der Waals surface area contributed by atoms with Gasteiger partial charge in [0.25, 0.3) is 11.6 Å². The Balaban J connectivity index is 2.04. The van der Waals surface area contributed by atoms with E-state index in [0.29, 0.717) is 34.9 Å². The molecule has 1 amide bonds. The van der Waals surface area contributed by atoms with Crippen molar-refractivity contribution in [2.24, 2.45) is 4.99 Å². The Labute approximate surface area is 147 Å². The topological polar surface area (TPSA) is 75.8 Å². The summed E-state index contributed by atoms with van der Waals surface area (Å²) < 4.78 is 0. The van der Waals surface area contributed by atoms with Crippen molar-refractivity contribution in [2.45, 2.75) is 0 Å². The maximum atomic E-state index is 12.9. The number of fused-ring (bicyclic) bond motifs is 1. The van der Waals surface area contributed by atoms with Gasteiger partial charge in [-0.25, -0.2) is 0 Å². The van der Waals surface area contributed by atoms with Crippen LogP contribution in [0.1, 0.15) is 15.9 Å². The highest BCUT2D eigenvalue weighted by Gasteiger charge is 2.24. The molecule has 0 unspecified atom stereocenters. The summed E-state index contributed by atoms with van der Waals surface area (Å²) in [6.07, 6.45) is 1.54. The number of nitrogens with zero attached hydrogens (tertiary/aromatic N) is 3. The number of anilines is 1. The second-order valence-corrected chi connectivity index (χ2v) is 5.96. The van der Waals surface area contributed by atoms with Crippen LogP contribution in [-0.4, -0.2) is 30.1 Å². The molecular weight excluding hydrogens is 353 g/mol. The molecule has 0 fully saturated rings. The summed E-state index contributed by atoms with van der Waals surface area (Å²) in [6.45, 7) is 0.735. The molecule has 0 N–H and O–H groups in total. The minimum absolute atomic E-state index is 0.0565. The fraction of sp³-hybridized carbons (Fsp3) is 0.125. The molecule has 8 heteroatoms. The smallest absolute Gasteiger partial charge is 0.270 e. The molecule has 1 aliphatic rings. The summed E-state index contributed by atoms with van der Waals surface area (Å²) in [6, 6.07) is 8.96. The van der Waals surface area contributed by atoms with Gasteiger partial charge in [-0.3, -0.25) is 19.9 Å². The van der Waals surface area contributed by atoms with Gasteiger partial charge in [0, 0.05) is 35.5 Å². The number of nitro benzene ring substituents is 1. The van der Waals surface area contributed by atoms with Gasteiger partial charge in [-0.1, -0.05) is 23.2 Å². The summed E-state index contributed by atoms with van der Waals surface area (Å²) in [5, 5.41) is 11.6. The number of rotatable bonds is 2. The maximum absolute atomic E-state index is 12.9.